The number of hydrogen-bond donors (Lipinski definition) is 1. The fourth-order valence-electron chi connectivity index (χ4n) is 3.49. The molecule has 120 valence electrons. The van der Waals surface area contributed by atoms with Crippen molar-refractivity contribution in [1.82, 2.24) is 9.80 Å². The number of likely N-dealkylation sites (tertiary alicyclic amines) is 2. The highest BCUT2D eigenvalue weighted by Crippen LogP contribution is 2.30. The molecule has 5 nitrogen and oxygen atoms in total. The minimum atomic E-state index is -0.315. The fourth-order valence-corrected chi connectivity index (χ4v) is 3.49. The molecule has 0 aliphatic carbocycles. The lowest BCUT2D eigenvalue weighted by Crippen LogP contribution is -2.59. The van der Waals surface area contributed by atoms with Crippen LogP contribution in [0, 0.1) is 11.3 Å². The molecule has 2 aliphatic rings. The lowest BCUT2D eigenvalue weighted by Gasteiger charge is -2.45. The van der Waals surface area contributed by atoms with Crippen molar-refractivity contribution in [1.29, 1.82) is 0 Å². The van der Waals surface area contributed by atoms with E-state index in [1.807, 2.05) is 18.7 Å². The van der Waals surface area contributed by atoms with Gasteiger partial charge in [-0.3, -0.25) is 9.59 Å². The van der Waals surface area contributed by atoms with Gasteiger partial charge in [0, 0.05) is 32.1 Å². The number of carbonyl (C=O) groups excluding carboxylic acids is 2. The van der Waals surface area contributed by atoms with Gasteiger partial charge in [0.05, 0.1) is 0 Å². The van der Waals surface area contributed by atoms with Crippen molar-refractivity contribution in [3.05, 3.63) is 0 Å². The van der Waals surface area contributed by atoms with Gasteiger partial charge in [-0.15, -0.1) is 0 Å². The van der Waals surface area contributed by atoms with Gasteiger partial charge in [0.2, 0.25) is 11.8 Å². The average molecular weight is 295 g/mol. The minimum Gasteiger partial charge on any atom is -0.340 e. The van der Waals surface area contributed by atoms with Crippen LogP contribution >= 0.6 is 0 Å². The van der Waals surface area contributed by atoms with Crippen molar-refractivity contribution < 1.29 is 9.59 Å². The first-order chi connectivity index (χ1) is 9.74. The molecular formula is C16H29N3O2. The van der Waals surface area contributed by atoms with E-state index in [9.17, 15) is 9.59 Å². The van der Waals surface area contributed by atoms with Gasteiger partial charge in [-0.2, -0.15) is 0 Å². The van der Waals surface area contributed by atoms with Crippen LogP contribution in [-0.2, 0) is 9.59 Å². The molecule has 2 unspecified atom stereocenters. The second-order valence-corrected chi connectivity index (χ2v) is 7.52. The van der Waals surface area contributed by atoms with Crippen LogP contribution < -0.4 is 5.73 Å². The third-order valence-corrected chi connectivity index (χ3v) is 4.95. The highest BCUT2D eigenvalue weighted by molar-refractivity contribution is 5.89. The van der Waals surface area contributed by atoms with Crippen molar-refractivity contribution in [3.8, 4) is 0 Å². The van der Waals surface area contributed by atoms with Crippen molar-refractivity contribution in [2.75, 3.05) is 19.6 Å². The zero-order chi connectivity index (χ0) is 15.8. The van der Waals surface area contributed by atoms with Gasteiger partial charge in [0.1, 0.15) is 6.04 Å². The van der Waals surface area contributed by atoms with Crippen LogP contribution in [0.15, 0.2) is 0 Å². The van der Waals surface area contributed by atoms with Crippen LogP contribution in [0.5, 0.6) is 0 Å². The summed E-state index contributed by atoms with van der Waals surface area (Å²) in [5.41, 5.74) is 6.09. The molecule has 0 spiro atoms. The molecule has 2 aliphatic heterocycles. The van der Waals surface area contributed by atoms with E-state index >= 15 is 0 Å². The second-order valence-electron chi connectivity index (χ2n) is 7.52. The Bertz CT molecular complexity index is 420. The van der Waals surface area contributed by atoms with E-state index in [0.717, 1.165) is 12.8 Å². The van der Waals surface area contributed by atoms with E-state index in [0.29, 0.717) is 26.1 Å². The first-order valence-electron chi connectivity index (χ1n) is 8.08. The largest absolute Gasteiger partial charge is 0.340 e. The number of amides is 2. The summed E-state index contributed by atoms with van der Waals surface area (Å²) in [5.74, 6) is 0.355. The molecule has 2 rings (SSSR count). The van der Waals surface area contributed by atoms with Gasteiger partial charge in [0.25, 0.3) is 0 Å². The number of nitrogens with two attached hydrogens (primary N) is 1. The Morgan fingerprint density at radius 3 is 2.48 bits per heavy atom. The van der Waals surface area contributed by atoms with Gasteiger partial charge in [-0.25, -0.2) is 0 Å². The second kappa shape index (κ2) is 5.95. The topological polar surface area (TPSA) is 66.6 Å². The van der Waals surface area contributed by atoms with Crippen molar-refractivity contribution in [2.24, 2.45) is 17.1 Å². The summed E-state index contributed by atoms with van der Waals surface area (Å²) >= 11 is 0. The molecule has 0 bridgehead atoms. The normalized spacial score (nSPS) is 27.3. The van der Waals surface area contributed by atoms with Crippen LogP contribution in [0.25, 0.3) is 0 Å². The predicted octanol–water partition coefficient (Wildman–Crippen LogP) is 1.22. The van der Waals surface area contributed by atoms with E-state index in [1.165, 1.54) is 0 Å². The van der Waals surface area contributed by atoms with Crippen molar-refractivity contribution >= 4 is 11.8 Å². The van der Waals surface area contributed by atoms with Crippen molar-refractivity contribution in [3.63, 3.8) is 0 Å². The number of carbonyl (C=O) groups is 2. The molecular weight excluding hydrogens is 266 g/mol. The van der Waals surface area contributed by atoms with E-state index in [2.05, 4.69) is 13.8 Å². The Morgan fingerprint density at radius 2 is 2.00 bits per heavy atom. The fraction of sp³-hybridized carbons (Fsp3) is 0.875. The molecule has 0 aromatic heterocycles. The van der Waals surface area contributed by atoms with Gasteiger partial charge in [-0.05, 0) is 24.2 Å². The molecule has 2 amide bonds. The zero-order valence-electron chi connectivity index (χ0n) is 13.8. The van der Waals surface area contributed by atoms with Gasteiger partial charge in [0.15, 0.2) is 0 Å². The Morgan fingerprint density at radius 1 is 1.33 bits per heavy atom. The molecule has 2 fully saturated rings. The summed E-state index contributed by atoms with van der Waals surface area (Å²) in [6, 6.07) is -0.183. The summed E-state index contributed by atoms with van der Waals surface area (Å²) in [5, 5.41) is 0. The molecule has 0 radical (unpaired) electrons. The Balaban J connectivity index is 2.14. The lowest BCUT2D eigenvalue weighted by molar-refractivity contribution is -0.147. The van der Waals surface area contributed by atoms with Crippen LogP contribution in [-0.4, -0.2) is 53.3 Å². The van der Waals surface area contributed by atoms with Gasteiger partial charge in [-0.1, -0.05) is 27.7 Å². The van der Waals surface area contributed by atoms with Gasteiger partial charge < -0.3 is 15.5 Å². The number of nitrogens with zero attached hydrogens (tertiary/aromatic N) is 2. The average Bonchev–Trinajstić information content (AvgIpc) is 2.79. The Labute approximate surface area is 127 Å². The van der Waals surface area contributed by atoms with E-state index in [4.69, 9.17) is 5.73 Å². The standard InChI is InChI=1S/C16H29N3O2/c1-11(2)14(19-8-5-6-13(19)20)15(21)18-9-7-12(17)16(3,4)10-18/h11-12,14H,5-10,17H2,1-4H3. The summed E-state index contributed by atoms with van der Waals surface area (Å²) in [6.07, 6.45) is 2.27. The molecule has 5 heteroatoms. The van der Waals surface area contributed by atoms with E-state index in [1.54, 1.807) is 4.90 Å². The predicted molar refractivity (Wildman–Crippen MR) is 82.5 cm³/mol. The number of rotatable bonds is 3. The molecule has 21 heavy (non-hydrogen) atoms. The third kappa shape index (κ3) is 3.23. The van der Waals surface area contributed by atoms with Crippen LogP contribution in [0.3, 0.4) is 0 Å². The maximum atomic E-state index is 13.0. The monoisotopic (exact) mass is 295 g/mol. The maximum Gasteiger partial charge on any atom is 0.245 e. The first-order valence-corrected chi connectivity index (χ1v) is 8.08. The third-order valence-electron chi connectivity index (χ3n) is 4.95. The highest BCUT2D eigenvalue weighted by Gasteiger charge is 2.41. The number of hydrogen-bond acceptors (Lipinski definition) is 3. The molecule has 2 atom stereocenters. The zero-order valence-corrected chi connectivity index (χ0v) is 13.8. The van der Waals surface area contributed by atoms with Crippen LogP contribution in [0.4, 0.5) is 0 Å². The molecule has 0 saturated carbocycles. The summed E-state index contributed by atoms with van der Waals surface area (Å²) < 4.78 is 0. The molecule has 2 saturated heterocycles. The maximum absolute atomic E-state index is 13.0. The summed E-state index contributed by atoms with van der Waals surface area (Å²) in [4.78, 5) is 28.7. The smallest absolute Gasteiger partial charge is 0.245 e. The molecule has 0 aromatic rings. The highest BCUT2D eigenvalue weighted by atomic mass is 16.2. The number of piperidine rings is 1. The summed E-state index contributed by atoms with van der Waals surface area (Å²) in [7, 11) is 0. The molecule has 2 heterocycles. The minimum absolute atomic E-state index is 0.0650. The lowest BCUT2D eigenvalue weighted by atomic mass is 9.79. The van der Waals surface area contributed by atoms with Gasteiger partial charge >= 0.3 is 0 Å². The molecule has 0 aromatic carbocycles. The Kier molecular flexibility index (Phi) is 4.61. The van der Waals surface area contributed by atoms with E-state index in [-0.39, 0.29) is 35.2 Å². The van der Waals surface area contributed by atoms with Crippen LogP contribution in [0.1, 0.15) is 47.0 Å². The SMILES string of the molecule is CC(C)C(C(=O)N1CCC(N)C(C)(C)C1)N1CCCC1=O. The first kappa shape index (κ1) is 16.3. The molecule has 2 N–H and O–H groups in total. The van der Waals surface area contributed by atoms with Crippen molar-refractivity contribution in [2.45, 2.75) is 59.0 Å². The van der Waals surface area contributed by atoms with Crippen LogP contribution in [0.2, 0.25) is 0 Å². The summed E-state index contributed by atoms with van der Waals surface area (Å²) in [6.45, 7) is 10.4. The van der Waals surface area contributed by atoms with E-state index < -0.39 is 0 Å². The Hall–Kier alpha value is -1.10. The quantitative estimate of drug-likeness (QED) is 0.851.